The second-order valence-corrected chi connectivity index (χ2v) is 6.46. The minimum absolute atomic E-state index is 0.167. The maximum absolute atomic E-state index is 12.1. The van der Waals surface area contributed by atoms with Crippen LogP contribution in [0.25, 0.3) is 11.0 Å². The van der Waals surface area contributed by atoms with Crippen LogP contribution < -0.4 is 11.1 Å². The molecule has 0 unspecified atom stereocenters. The first-order chi connectivity index (χ1) is 11.5. The molecular weight excluding hydrogens is 376 g/mol. The van der Waals surface area contributed by atoms with Gasteiger partial charge >= 0.3 is 17.1 Å². The molecule has 0 spiro atoms. The lowest BCUT2D eigenvalue weighted by Gasteiger charge is -2.10. The van der Waals surface area contributed by atoms with Crippen molar-refractivity contribution in [1.82, 2.24) is 9.55 Å². The summed E-state index contributed by atoms with van der Waals surface area (Å²) in [5.74, 6) is -0.167. The van der Waals surface area contributed by atoms with Gasteiger partial charge in [-0.1, -0.05) is 28.8 Å². The van der Waals surface area contributed by atoms with E-state index in [0.717, 1.165) is 30.2 Å². The molecule has 7 heteroatoms. The number of aryl methyl sites for hydroxylation is 1. The summed E-state index contributed by atoms with van der Waals surface area (Å²) in [4.78, 5) is 37.7. The van der Waals surface area contributed by atoms with Gasteiger partial charge in [0.05, 0.1) is 17.6 Å². The number of esters is 1. The number of halogens is 1. The van der Waals surface area contributed by atoms with Gasteiger partial charge in [0.1, 0.15) is 0 Å². The van der Waals surface area contributed by atoms with Crippen molar-refractivity contribution in [3.63, 3.8) is 0 Å². The van der Waals surface area contributed by atoms with Gasteiger partial charge in [0.15, 0.2) is 0 Å². The van der Waals surface area contributed by atoms with Crippen molar-refractivity contribution in [2.24, 2.45) is 0 Å². The lowest BCUT2D eigenvalue weighted by Crippen LogP contribution is -2.36. The van der Waals surface area contributed by atoms with Crippen molar-refractivity contribution >= 4 is 32.9 Å². The fraction of sp³-hybridized carbons (Fsp3) is 0.471. The number of hydrogen-bond acceptors (Lipinski definition) is 4. The molecule has 6 nitrogen and oxygen atoms in total. The molecule has 0 aliphatic rings. The van der Waals surface area contributed by atoms with E-state index in [0.29, 0.717) is 30.6 Å². The maximum Gasteiger partial charge on any atom is 0.316 e. The first-order valence-electron chi connectivity index (χ1n) is 8.11. The summed E-state index contributed by atoms with van der Waals surface area (Å²) in [7, 11) is 0. The minimum atomic E-state index is -0.608. The molecule has 1 heterocycles. The zero-order valence-electron chi connectivity index (χ0n) is 13.6. The molecule has 2 rings (SSSR count). The fourth-order valence-corrected chi connectivity index (χ4v) is 2.96. The van der Waals surface area contributed by atoms with Crippen molar-refractivity contribution in [3.05, 3.63) is 43.4 Å². The van der Waals surface area contributed by atoms with Crippen molar-refractivity contribution in [2.75, 3.05) is 6.61 Å². The topological polar surface area (TPSA) is 81.2 Å². The fourth-order valence-electron chi connectivity index (χ4n) is 2.60. The number of nitrogens with one attached hydrogen (secondary N) is 1. The average Bonchev–Trinajstić information content (AvgIpc) is 2.54. The molecule has 1 N–H and O–H groups in total. The SMILES string of the molecule is CCOC(=O)CCCCCCn1c(=O)c(=O)[nH]c2cc(Br)ccc21. The molecule has 0 amide bonds. The third-order valence-electron chi connectivity index (χ3n) is 3.75. The molecule has 0 atom stereocenters. The normalized spacial score (nSPS) is 10.9. The van der Waals surface area contributed by atoms with Crippen LogP contribution in [-0.2, 0) is 16.1 Å². The van der Waals surface area contributed by atoms with Crippen molar-refractivity contribution < 1.29 is 9.53 Å². The number of fused-ring (bicyclic) bond motifs is 1. The van der Waals surface area contributed by atoms with Gasteiger partial charge in [0.2, 0.25) is 0 Å². The van der Waals surface area contributed by atoms with Crippen molar-refractivity contribution in [2.45, 2.75) is 45.6 Å². The highest BCUT2D eigenvalue weighted by molar-refractivity contribution is 9.10. The Morgan fingerprint density at radius 1 is 1.21 bits per heavy atom. The number of H-pyrrole nitrogens is 1. The van der Waals surface area contributed by atoms with Gasteiger partial charge in [-0.2, -0.15) is 0 Å². The molecule has 0 bridgehead atoms. The molecule has 24 heavy (non-hydrogen) atoms. The molecule has 2 aromatic rings. The van der Waals surface area contributed by atoms with E-state index >= 15 is 0 Å². The third kappa shape index (κ3) is 4.80. The van der Waals surface area contributed by atoms with Gasteiger partial charge in [0, 0.05) is 17.4 Å². The Morgan fingerprint density at radius 3 is 2.71 bits per heavy atom. The Morgan fingerprint density at radius 2 is 1.96 bits per heavy atom. The highest BCUT2D eigenvalue weighted by Gasteiger charge is 2.08. The van der Waals surface area contributed by atoms with Crippen molar-refractivity contribution in [1.29, 1.82) is 0 Å². The molecule has 1 aromatic heterocycles. The highest BCUT2D eigenvalue weighted by atomic mass is 79.9. The largest absolute Gasteiger partial charge is 0.466 e. The van der Waals surface area contributed by atoms with E-state index in [2.05, 4.69) is 20.9 Å². The van der Waals surface area contributed by atoms with E-state index in [-0.39, 0.29) is 5.97 Å². The summed E-state index contributed by atoms with van der Waals surface area (Å²) < 4.78 is 7.24. The van der Waals surface area contributed by atoms with E-state index in [1.54, 1.807) is 13.0 Å². The minimum Gasteiger partial charge on any atom is -0.466 e. The predicted octanol–water partition coefficient (Wildman–Crippen LogP) is 2.97. The van der Waals surface area contributed by atoms with Gasteiger partial charge in [-0.15, -0.1) is 0 Å². The van der Waals surface area contributed by atoms with Gasteiger partial charge < -0.3 is 14.3 Å². The van der Waals surface area contributed by atoms with Crippen LogP contribution in [0.2, 0.25) is 0 Å². The van der Waals surface area contributed by atoms with Gasteiger partial charge in [0.25, 0.3) is 0 Å². The van der Waals surface area contributed by atoms with Crippen LogP contribution in [0.1, 0.15) is 39.0 Å². The number of aromatic amines is 1. The molecule has 0 aliphatic carbocycles. The number of unbranched alkanes of at least 4 members (excludes halogenated alkanes) is 3. The monoisotopic (exact) mass is 396 g/mol. The summed E-state index contributed by atoms with van der Waals surface area (Å²) in [6, 6.07) is 5.44. The van der Waals surface area contributed by atoms with Crippen LogP contribution in [0.3, 0.4) is 0 Å². The van der Waals surface area contributed by atoms with Gasteiger partial charge in [-0.05, 0) is 38.0 Å². The van der Waals surface area contributed by atoms with E-state index in [4.69, 9.17) is 4.74 Å². The smallest absolute Gasteiger partial charge is 0.316 e. The van der Waals surface area contributed by atoms with Crippen LogP contribution in [0.5, 0.6) is 0 Å². The summed E-state index contributed by atoms with van der Waals surface area (Å²) in [5.41, 5.74) is 0.213. The van der Waals surface area contributed by atoms with Crippen LogP contribution in [0.15, 0.2) is 32.3 Å². The second-order valence-electron chi connectivity index (χ2n) is 5.54. The predicted molar refractivity (Wildman–Crippen MR) is 96.2 cm³/mol. The Hall–Kier alpha value is -1.89. The number of hydrogen-bond donors (Lipinski definition) is 1. The van der Waals surface area contributed by atoms with E-state index in [1.807, 2.05) is 12.1 Å². The Bertz CT molecular complexity index is 825. The van der Waals surface area contributed by atoms with Crippen LogP contribution in [-0.4, -0.2) is 22.1 Å². The van der Waals surface area contributed by atoms with Gasteiger partial charge in [-0.25, -0.2) is 0 Å². The Kier molecular flexibility index (Phi) is 6.78. The van der Waals surface area contributed by atoms with Crippen LogP contribution in [0, 0.1) is 0 Å². The van der Waals surface area contributed by atoms with E-state index in [9.17, 15) is 14.4 Å². The molecular formula is C17H21BrN2O4. The number of rotatable bonds is 8. The zero-order valence-corrected chi connectivity index (χ0v) is 15.2. The number of benzene rings is 1. The number of nitrogens with zero attached hydrogens (tertiary/aromatic N) is 1. The molecule has 0 aliphatic heterocycles. The summed E-state index contributed by atoms with van der Waals surface area (Å²) in [6.45, 7) is 2.69. The molecule has 0 radical (unpaired) electrons. The van der Waals surface area contributed by atoms with Crippen molar-refractivity contribution in [3.8, 4) is 0 Å². The number of carbonyl (C=O) groups is 1. The molecule has 1 aromatic carbocycles. The molecule has 0 saturated heterocycles. The number of ether oxygens (including phenoxy) is 1. The first kappa shape index (κ1) is 18.4. The zero-order chi connectivity index (χ0) is 17.5. The van der Waals surface area contributed by atoms with Crippen LogP contribution >= 0.6 is 15.9 Å². The number of aromatic nitrogens is 2. The lowest BCUT2D eigenvalue weighted by atomic mass is 10.1. The van der Waals surface area contributed by atoms with Crippen LogP contribution in [0.4, 0.5) is 0 Å². The Balaban J connectivity index is 1.95. The third-order valence-corrected chi connectivity index (χ3v) is 4.25. The summed E-state index contributed by atoms with van der Waals surface area (Å²) >= 11 is 3.36. The van der Waals surface area contributed by atoms with Gasteiger partial charge in [-0.3, -0.25) is 14.4 Å². The average molecular weight is 397 g/mol. The highest BCUT2D eigenvalue weighted by Crippen LogP contribution is 2.16. The standard InChI is InChI=1S/C17H21BrN2O4/c1-2-24-15(21)7-5-3-4-6-10-20-14-9-8-12(18)11-13(14)19-16(22)17(20)23/h8-9,11H,2-7,10H2,1H3,(H,19,22). The number of carbonyl (C=O) groups excluding carboxylic acids is 1. The molecule has 0 saturated carbocycles. The summed E-state index contributed by atoms with van der Waals surface area (Å²) in [5, 5.41) is 0. The quantitative estimate of drug-likeness (QED) is 0.422. The maximum atomic E-state index is 12.1. The first-order valence-corrected chi connectivity index (χ1v) is 8.90. The molecule has 0 fully saturated rings. The molecule has 130 valence electrons. The second kappa shape index (κ2) is 8.82. The van der Waals surface area contributed by atoms with E-state index in [1.165, 1.54) is 4.57 Å². The van der Waals surface area contributed by atoms with E-state index < -0.39 is 11.1 Å². The lowest BCUT2D eigenvalue weighted by molar-refractivity contribution is -0.143. The summed E-state index contributed by atoms with van der Waals surface area (Å²) in [6.07, 6.45) is 3.75. The Labute approximate surface area is 148 Å².